The molecule has 3 aromatic rings. The van der Waals surface area contributed by atoms with Gasteiger partial charge in [-0.25, -0.2) is 22.6 Å². The monoisotopic (exact) mass is 467 g/mol. The van der Waals surface area contributed by atoms with Gasteiger partial charge in [-0.1, -0.05) is 25.4 Å². The van der Waals surface area contributed by atoms with Crippen LogP contribution < -0.4 is 5.56 Å². The molecule has 164 valence electrons. The Bertz CT molecular complexity index is 1310. The van der Waals surface area contributed by atoms with Gasteiger partial charge in [0.2, 0.25) is 10.0 Å². The first kappa shape index (κ1) is 22.9. The molecular weight excluding hydrogens is 449 g/mol. The van der Waals surface area contributed by atoms with Crippen LogP contribution in [0.2, 0.25) is 5.02 Å². The molecule has 0 aliphatic rings. The number of aromatic nitrogens is 2. The van der Waals surface area contributed by atoms with Gasteiger partial charge in [-0.15, -0.1) is 0 Å². The van der Waals surface area contributed by atoms with Gasteiger partial charge in [0, 0.05) is 18.1 Å². The van der Waals surface area contributed by atoms with E-state index in [1.807, 2.05) is 0 Å². The number of halogens is 2. The number of benzene rings is 2. The van der Waals surface area contributed by atoms with E-state index >= 15 is 0 Å². The molecule has 8 nitrogen and oxygen atoms in total. The highest BCUT2D eigenvalue weighted by Gasteiger charge is 2.25. The van der Waals surface area contributed by atoms with Gasteiger partial charge in [-0.3, -0.25) is 4.79 Å². The predicted octanol–water partition coefficient (Wildman–Crippen LogP) is 3.10. The Labute approximate surface area is 182 Å². The minimum atomic E-state index is -3.89. The van der Waals surface area contributed by atoms with Crippen molar-refractivity contribution in [3.8, 4) is 0 Å². The second-order valence-electron chi connectivity index (χ2n) is 6.48. The van der Waals surface area contributed by atoms with Crippen molar-refractivity contribution < 1.29 is 22.3 Å². The third kappa shape index (κ3) is 4.76. The molecule has 1 aromatic heterocycles. The first-order chi connectivity index (χ1) is 14.7. The molecule has 0 atom stereocenters. The number of carbonyl (C=O) groups excluding carboxylic acids is 1. The summed E-state index contributed by atoms with van der Waals surface area (Å²) in [4.78, 5) is 31.0. The van der Waals surface area contributed by atoms with Crippen molar-refractivity contribution in [2.75, 3.05) is 13.1 Å². The number of fused-ring (bicyclic) bond motifs is 1. The normalized spacial score (nSPS) is 11.8. The molecule has 3 rings (SSSR count). The van der Waals surface area contributed by atoms with E-state index in [4.69, 9.17) is 16.3 Å². The van der Waals surface area contributed by atoms with Crippen molar-refractivity contribution in [2.45, 2.75) is 25.3 Å². The van der Waals surface area contributed by atoms with Crippen LogP contribution in [0.15, 0.2) is 46.1 Å². The molecule has 1 heterocycles. The van der Waals surface area contributed by atoms with E-state index in [1.165, 1.54) is 16.4 Å². The van der Waals surface area contributed by atoms with Crippen LogP contribution in [0.25, 0.3) is 10.9 Å². The summed E-state index contributed by atoms with van der Waals surface area (Å²) in [6.45, 7) is 3.33. The van der Waals surface area contributed by atoms with E-state index in [0.717, 1.165) is 18.2 Å². The van der Waals surface area contributed by atoms with Crippen LogP contribution in [0.4, 0.5) is 4.39 Å². The van der Waals surface area contributed by atoms with Gasteiger partial charge in [0.05, 0.1) is 21.4 Å². The first-order valence-electron chi connectivity index (χ1n) is 9.32. The number of nitrogens with zero attached hydrogens (tertiary/aromatic N) is 2. The van der Waals surface area contributed by atoms with Crippen molar-refractivity contribution in [3.63, 3.8) is 0 Å². The highest BCUT2D eigenvalue weighted by Crippen LogP contribution is 2.20. The molecule has 0 unspecified atom stereocenters. The summed E-state index contributed by atoms with van der Waals surface area (Å²) < 4.78 is 45.7. The van der Waals surface area contributed by atoms with Gasteiger partial charge in [0.15, 0.2) is 0 Å². The molecule has 0 fully saturated rings. The summed E-state index contributed by atoms with van der Waals surface area (Å²) in [6, 6.07) is 7.45. The maximum Gasteiger partial charge on any atom is 0.341 e. The van der Waals surface area contributed by atoms with Crippen LogP contribution in [-0.4, -0.2) is 41.7 Å². The highest BCUT2D eigenvalue weighted by atomic mass is 35.5. The summed E-state index contributed by atoms with van der Waals surface area (Å²) in [5, 5.41) is 0.682. The quantitative estimate of drug-likeness (QED) is 0.535. The Morgan fingerprint density at radius 2 is 1.90 bits per heavy atom. The summed E-state index contributed by atoms with van der Waals surface area (Å²) in [5.74, 6) is -2.00. The lowest BCUT2D eigenvalue weighted by molar-refractivity contribution is 0.0456. The third-order valence-electron chi connectivity index (χ3n) is 4.56. The Morgan fingerprint density at radius 1 is 1.19 bits per heavy atom. The van der Waals surface area contributed by atoms with E-state index in [-0.39, 0.29) is 23.8 Å². The zero-order chi connectivity index (χ0) is 22.8. The SMILES string of the molecule is CCN(CC)S(=O)(=O)c1ccc(F)c(C(=O)OCc2nc3cc(Cl)ccc3c(=O)[nH]2)c1. The fourth-order valence-corrected chi connectivity index (χ4v) is 4.63. The summed E-state index contributed by atoms with van der Waals surface area (Å²) in [5.41, 5.74) is -0.689. The smallest absolute Gasteiger partial charge is 0.341 e. The fourth-order valence-electron chi connectivity index (χ4n) is 2.97. The largest absolute Gasteiger partial charge is 0.454 e. The van der Waals surface area contributed by atoms with Crippen molar-refractivity contribution in [1.82, 2.24) is 14.3 Å². The van der Waals surface area contributed by atoms with Crippen molar-refractivity contribution in [3.05, 3.63) is 69.0 Å². The van der Waals surface area contributed by atoms with Gasteiger partial charge in [0.25, 0.3) is 5.56 Å². The van der Waals surface area contributed by atoms with Gasteiger partial charge >= 0.3 is 5.97 Å². The van der Waals surface area contributed by atoms with Gasteiger partial charge in [-0.2, -0.15) is 4.31 Å². The number of carbonyl (C=O) groups is 1. The molecule has 11 heteroatoms. The predicted molar refractivity (Wildman–Crippen MR) is 113 cm³/mol. The van der Waals surface area contributed by atoms with Crippen LogP contribution >= 0.6 is 11.6 Å². The Kier molecular flexibility index (Phi) is 6.73. The average Bonchev–Trinajstić information content (AvgIpc) is 2.72. The molecule has 0 bridgehead atoms. The van der Waals surface area contributed by atoms with Crippen molar-refractivity contribution in [2.24, 2.45) is 0 Å². The van der Waals surface area contributed by atoms with E-state index in [0.29, 0.717) is 15.9 Å². The third-order valence-corrected chi connectivity index (χ3v) is 6.84. The highest BCUT2D eigenvalue weighted by molar-refractivity contribution is 7.89. The maximum atomic E-state index is 14.2. The van der Waals surface area contributed by atoms with Gasteiger partial charge in [0.1, 0.15) is 18.2 Å². The number of esters is 1. The van der Waals surface area contributed by atoms with Crippen LogP contribution in [-0.2, 0) is 21.4 Å². The molecular formula is C20H19ClFN3O5S. The standard InChI is InChI=1S/C20H19ClFN3O5S/c1-3-25(4-2)31(28,29)13-6-8-16(22)15(10-13)20(27)30-11-18-23-17-9-12(21)5-7-14(17)19(26)24-18/h5-10H,3-4,11H2,1-2H3,(H,23,24,26). The minimum absolute atomic E-state index is 0.0282. The first-order valence-corrected chi connectivity index (χ1v) is 11.1. The van der Waals surface area contributed by atoms with E-state index in [2.05, 4.69) is 9.97 Å². The molecule has 31 heavy (non-hydrogen) atoms. The maximum absolute atomic E-state index is 14.2. The lowest BCUT2D eigenvalue weighted by atomic mass is 10.2. The summed E-state index contributed by atoms with van der Waals surface area (Å²) in [6.07, 6.45) is 0. The number of aromatic amines is 1. The van der Waals surface area contributed by atoms with Crippen LogP contribution in [0.3, 0.4) is 0 Å². The van der Waals surface area contributed by atoms with Crippen LogP contribution in [0.1, 0.15) is 30.0 Å². The topological polar surface area (TPSA) is 109 Å². The van der Waals surface area contributed by atoms with Crippen molar-refractivity contribution in [1.29, 1.82) is 0 Å². The molecule has 1 N–H and O–H groups in total. The van der Waals surface area contributed by atoms with Crippen molar-refractivity contribution >= 4 is 38.5 Å². The zero-order valence-electron chi connectivity index (χ0n) is 16.7. The minimum Gasteiger partial charge on any atom is -0.454 e. The lowest BCUT2D eigenvalue weighted by Crippen LogP contribution is -2.30. The number of rotatable bonds is 7. The van der Waals surface area contributed by atoms with E-state index in [1.54, 1.807) is 19.9 Å². The average molecular weight is 468 g/mol. The Hall–Kier alpha value is -2.82. The fraction of sp³-hybridized carbons (Fsp3) is 0.250. The molecule has 2 aromatic carbocycles. The molecule has 0 saturated heterocycles. The van der Waals surface area contributed by atoms with E-state index in [9.17, 15) is 22.4 Å². The second-order valence-corrected chi connectivity index (χ2v) is 8.86. The number of hydrogen-bond acceptors (Lipinski definition) is 6. The number of ether oxygens (including phenoxy) is 1. The summed E-state index contributed by atoms with van der Waals surface area (Å²) >= 11 is 5.91. The van der Waals surface area contributed by atoms with Gasteiger partial charge < -0.3 is 9.72 Å². The Balaban J connectivity index is 1.86. The van der Waals surface area contributed by atoms with Crippen LogP contribution in [0, 0.1) is 5.82 Å². The molecule has 0 amide bonds. The molecule has 0 spiro atoms. The van der Waals surface area contributed by atoms with Crippen LogP contribution in [0.5, 0.6) is 0 Å². The molecule has 0 saturated carbocycles. The van der Waals surface area contributed by atoms with Gasteiger partial charge in [-0.05, 0) is 36.4 Å². The molecule has 0 aliphatic heterocycles. The molecule has 0 radical (unpaired) electrons. The zero-order valence-corrected chi connectivity index (χ0v) is 18.3. The summed E-state index contributed by atoms with van der Waals surface area (Å²) in [7, 11) is -3.89. The molecule has 0 aliphatic carbocycles. The number of H-pyrrole nitrogens is 1. The second kappa shape index (κ2) is 9.13. The van der Waals surface area contributed by atoms with E-state index < -0.39 is 39.5 Å². The number of hydrogen-bond donors (Lipinski definition) is 1. The number of nitrogens with one attached hydrogen (secondary N) is 1. The Morgan fingerprint density at radius 3 is 2.58 bits per heavy atom. The number of sulfonamides is 1. The lowest BCUT2D eigenvalue weighted by Gasteiger charge is -2.18.